The predicted molar refractivity (Wildman–Crippen MR) is 70.9 cm³/mol. The minimum absolute atomic E-state index is 0.0368. The Morgan fingerprint density at radius 2 is 2.05 bits per heavy atom. The first-order chi connectivity index (χ1) is 9.30. The van der Waals surface area contributed by atoms with E-state index in [1.807, 2.05) is 13.8 Å². The Kier molecular flexibility index (Phi) is 3.73. The van der Waals surface area contributed by atoms with Crippen LogP contribution in [0.5, 0.6) is 0 Å². The van der Waals surface area contributed by atoms with Crippen molar-refractivity contribution in [3.63, 3.8) is 0 Å². The lowest BCUT2D eigenvalue weighted by atomic mass is 9.89. The van der Waals surface area contributed by atoms with E-state index >= 15 is 0 Å². The second-order valence-corrected chi connectivity index (χ2v) is 6.09. The van der Waals surface area contributed by atoms with E-state index in [-0.39, 0.29) is 23.8 Å². The summed E-state index contributed by atoms with van der Waals surface area (Å²) in [7, 11) is 0. The largest absolute Gasteiger partial charge is 0.380 e. The fourth-order valence-electron chi connectivity index (χ4n) is 2.19. The zero-order valence-corrected chi connectivity index (χ0v) is 12.1. The molecule has 0 aromatic rings. The van der Waals surface area contributed by atoms with Crippen LogP contribution >= 0.6 is 0 Å². The summed E-state index contributed by atoms with van der Waals surface area (Å²) >= 11 is 0. The molecule has 20 heavy (non-hydrogen) atoms. The van der Waals surface area contributed by atoms with Gasteiger partial charge >= 0.3 is 6.03 Å². The third-order valence-electron chi connectivity index (χ3n) is 3.97. The van der Waals surface area contributed by atoms with Crippen molar-refractivity contribution < 1.29 is 19.1 Å². The van der Waals surface area contributed by atoms with Crippen molar-refractivity contribution >= 4 is 17.8 Å². The van der Waals surface area contributed by atoms with Crippen molar-refractivity contribution in [3.05, 3.63) is 0 Å². The van der Waals surface area contributed by atoms with Gasteiger partial charge in [-0.1, -0.05) is 13.8 Å². The quantitative estimate of drug-likeness (QED) is 0.687. The molecule has 0 aliphatic carbocycles. The Morgan fingerprint density at radius 3 is 2.50 bits per heavy atom. The normalized spacial score (nSPS) is 28.1. The van der Waals surface area contributed by atoms with Crippen LogP contribution in [0.3, 0.4) is 0 Å². The van der Waals surface area contributed by atoms with E-state index in [0.717, 1.165) is 4.90 Å². The molecule has 1 unspecified atom stereocenters. The summed E-state index contributed by atoms with van der Waals surface area (Å²) in [6.07, 6.45) is 0.491. The van der Waals surface area contributed by atoms with Crippen LogP contribution in [0.25, 0.3) is 0 Å². The third-order valence-corrected chi connectivity index (χ3v) is 3.97. The minimum atomic E-state index is -0.898. The molecule has 2 aliphatic heterocycles. The highest BCUT2D eigenvalue weighted by Gasteiger charge is 2.47. The number of urea groups is 1. The van der Waals surface area contributed by atoms with Gasteiger partial charge in [-0.25, -0.2) is 4.79 Å². The second-order valence-electron chi connectivity index (χ2n) is 6.09. The molecule has 0 aromatic carbocycles. The van der Waals surface area contributed by atoms with Gasteiger partial charge < -0.3 is 15.4 Å². The number of imide groups is 1. The van der Waals surface area contributed by atoms with E-state index in [0.29, 0.717) is 26.2 Å². The lowest BCUT2D eigenvalue weighted by molar-refractivity contribution is -0.136. The Morgan fingerprint density at radius 1 is 1.40 bits per heavy atom. The van der Waals surface area contributed by atoms with Crippen LogP contribution in [0.4, 0.5) is 4.79 Å². The maximum Gasteiger partial charge on any atom is 0.325 e. The molecule has 112 valence electrons. The van der Waals surface area contributed by atoms with E-state index in [1.54, 1.807) is 6.92 Å². The zero-order valence-electron chi connectivity index (χ0n) is 12.1. The Balaban J connectivity index is 1.88. The topological polar surface area (TPSA) is 87.7 Å². The van der Waals surface area contributed by atoms with Gasteiger partial charge in [0.25, 0.3) is 5.91 Å². The number of hydrogen-bond donors (Lipinski definition) is 2. The highest BCUT2D eigenvalue weighted by atomic mass is 16.5. The van der Waals surface area contributed by atoms with Crippen molar-refractivity contribution in [3.8, 4) is 0 Å². The molecule has 2 N–H and O–H groups in total. The molecule has 1 atom stereocenters. The highest BCUT2D eigenvalue weighted by molar-refractivity contribution is 6.08. The first-order valence-corrected chi connectivity index (χ1v) is 6.78. The summed E-state index contributed by atoms with van der Waals surface area (Å²) in [5, 5.41) is 5.36. The number of nitrogens with one attached hydrogen (secondary N) is 2. The maximum absolute atomic E-state index is 12.1. The Hall–Kier alpha value is -1.63. The predicted octanol–water partition coefficient (Wildman–Crippen LogP) is -0.140. The molecule has 0 spiro atoms. The summed E-state index contributed by atoms with van der Waals surface area (Å²) in [6, 6.07) is -0.507. The molecule has 2 rings (SSSR count). The standard InChI is InChI=1S/C13H21N3O4/c1-4-13(3)10(18)16(11(19)15-13)5-9(17)14-6-12(2)7-20-8-12/h4-8H2,1-3H3,(H,14,17)(H,15,19). The number of carbonyl (C=O) groups is 3. The molecule has 4 amide bonds. The number of nitrogens with zero attached hydrogens (tertiary/aromatic N) is 1. The molecule has 0 aromatic heterocycles. The summed E-state index contributed by atoms with van der Waals surface area (Å²) in [4.78, 5) is 36.7. The van der Waals surface area contributed by atoms with E-state index < -0.39 is 11.6 Å². The van der Waals surface area contributed by atoms with Crippen LogP contribution < -0.4 is 10.6 Å². The summed E-state index contributed by atoms with van der Waals surface area (Å²) < 4.78 is 5.10. The van der Waals surface area contributed by atoms with Gasteiger partial charge in [0.05, 0.1) is 13.2 Å². The molecule has 2 heterocycles. The van der Waals surface area contributed by atoms with Crippen LogP contribution in [-0.4, -0.2) is 54.6 Å². The molecule has 0 radical (unpaired) electrons. The summed E-state index contributed by atoms with van der Waals surface area (Å²) in [5.74, 6) is -0.680. The van der Waals surface area contributed by atoms with Crippen LogP contribution in [0, 0.1) is 5.41 Å². The number of amides is 4. The molecule has 0 saturated carbocycles. The van der Waals surface area contributed by atoms with Crippen molar-refractivity contribution in [2.24, 2.45) is 5.41 Å². The molecule has 2 fully saturated rings. The maximum atomic E-state index is 12.1. The summed E-state index contributed by atoms with van der Waals surface area (Å²) in [6.45, 7) is 6.97. The monoisotopic (exact) mass is 283 g/mol. The highest BCUT2D eigenvalue weighted by Crippen LogP contribution is 2.25. The smallest absolute Gasteiger partial charge is 0.325 e. The first kappa shape index (κ1) is 14.8. The van der Waals surface area contributed by atoms with Crippen LogP contribution in [0.2, 0.25) is 0 Å². The number of hydrogen-bond acceptors (Lipinski definition) is 4. The van der Waals surface area contributed by atoms with Gasteiger partial charge in [-0.3, -0.25) is 14.5 Å². The van der Waals surface area contributed by atoms with Gasteiger partial charge in [-0.15, -0.1) is 0 Å². The number of ether oxygens (including phenoxy) is 1. The molecule has 2 aliphatic rings. The van der Waals surface area contributed by atoms with Crippen LogP contribution in [0.1, 0.15) is 27.2 Å². The minimum Gasteiger partial charge on any atom is -0.380 e. The van der Waals surface area contributed by atoms with Crippen molar-refractivity contribution in [2.75, 3.05) is 26.3 Å². The first-order valence-electron chi connectivity index (χ1n) is 6.78. The third kappa shape index (κ3) is 2.63. The van der Waals surface area contributed by atoms with Gasteiger partial charge in [0.15, 0.2) is 0 Å². The summed E-state index contributed by atoms with van der Waals surface area (Å²) in [5.41, 5.74) is -0.934. The van der Waals surface area contributed by atoms with E-state index in [1.165, 1.54) is 0 Å². The fourth-order valence-corrected chi connectivity index (χ4v) is 2.19. The lowest BCUT2D eigenvalue weighted by Crippen LogP contribution is -2.51. The van der Waals surface area contributed by atoms with E-state index in [9.17, 15) is 14.4 Å². The average Bonchev–Trinajstić information content (AvgIpc) is 2.58. The number of rotatable bonds is 5. The van der Waals surface area contributed by atoms with Gasteiger partial charge in [-0.05, 0) is 13.3 Å². The van der Waals surface area contributed by atoms with Gasteiger partial charge in [0, 0.05) is 12.0 Å². The van der Waals surface area contributed by atoms with E-state index in [4.69, 9.17) is 4.74 Å². The van der Waals surface area contributed by atoms with Crippen molar-refractivity contribution in [1.29, 1.82) is 0 Å². The zero-order chi connectivity index (χ0) is 15.0. The molecule has 7 nitrogen and oxygen atoms in total. The SMILES string of the molecule is CCC1(C)NC(=O)N(CC(=O)NCC2(C)COC2)C1=O. The fraction of sp³-hybridized carbons (Fsp3) is 0.769. The lowest BCUT2D eigenvalue weighted by Gasteiger charge is -2.38. The van der Waals surface area contributed by atoms with Gasteiger partial charge in [0.2, 0.25) is 5.91 Å². The van der Waals surface area contributed by atoms with Crippen LogP contribution in [-0.2, 0) is 14.3 Å². The van der Waals surface area contributed by atoms with E-state index in [2.05, 4.69) is 10.6 Å². The van der Waals surface area contributed by atoms with Crippen LogP contribution in [0.15, 0.2) is 0 Å². The Bertz CT molecular complexity index is 447. The second kappa shape index (κ2) is 5.05. The molecule has 2 saturated heterocycles. The van der Waals surface area contributed by atoms with Gasteiger partial charge in [-0.2, -0.15) is 0 Å². The van der Waals surface area contributed by atoms with Crippen molar-refractivity contribution in [2.45, 2.75) is 32.7 Å². The molecule has 7 heteroatoms. The van der Waals surface area contributed by atoms with Gasteiger partial charge in [0.1, 0.15) is 12.1 Å². The van der Waals surface area contributed by atoms with Crippen molar-refractivity contribution in [1.82, 2.24) is 15.5 Å². The molecular weight excluding hydrogens is 262 g/mol. The average molecular weight is 283 g/mol. The Labute approximate surface area is 118 Å². The molecular formula is C13H21N3O4. The molecule has 0 bridgehead atoms. The number of carbonyl (C=O) groups excluding carboxylic acids is 3.